The van der Waals surface area contributed by atoms with Crippen LogP contribution in [0, 0.1) is 7.11 Å². The Labute approximate surface area is 418 Å². The number of carbonyl (C=O) groups excluding carboxylic acids is 1. The summed E-state index contributed by atoms with van der Waals surface area (Å²) in [6.45, 7) is 8.68. The van der Waals surface area contributed by atoms with Crippen molar-refractivity contribution in [3.63, 3.8) is 0 Å². The van der Waals surface area contributed by atoms with Crippen LogP contribution in [-0.4, -0.2) is 25.8 Å². The smallest absolute Gasteiger partial charge is 0.338 e. The molecule has 1 aromatic carbocycles. The molecule has 1 aromatic rings. The molecule has 0 fully saturated rings. The maximum absolute atomic E-state index is 12.8. The summed E-state index contributed by atoms with van der Waals surface area (Å²) in [5, 5.41) is 0. The Kier molecular flexibility index (Phi) is 48.9. The Morgan fingerprint density at radius 3 is 0.716 bits per heavy atom. The molecule has 5 heteroatoms. The Morgan fingerprint density at radius 1 is 0.313 bits per heavy atom. The van der Waals surface area contributed by atoms with Crippen molar-refractivity contribution in [3.05, 3.63) is 24.8 Å². The zero-order valence-electron chi connectivity index (χ0n) is 45.5. The molecule has 0 bridgehead atoms. The summed E-state index contributed by atoms with van der Waals surface area (Å²) >= 11 is 0. The van der Waals surface area contributed by atoms with Crippen molar-refractivity contribution >= 4 is 5.97 Å². The molecule has 5 nitrogen and oxygen atoms in total. The van der Waals surface area contributed by atoms with Crippen molar-refractivity contribution in [2.24, 2.45) is 0 Å². The molecule has 0 atom stereocenters. The van der Waals surface area contributed by atoms with Gasteiger partial charge in [0.1, 0.15) is 7.11 Å². The van der Waals surface area contributed by atoms with E-state index < -0.39 is 5.97 Å². The molecule has 0 spiro atoms. The van der Waals surface area contributed by atoms with Crippen LogP contribution in [0.25, 0.3) is 0 Å². The maximum Gasteiger partial charge on any atom is 0.338 e. The summed E-state index contributed by atoms with van der Waals surface area (Å²) in [5.41, 5.74) is 0.397. The average molecular weight is 941 g/mol. The van der Waals surface area contributed by atoms with Gasteiger partial charge in [0, 0.05) is 0 Å². The van der Waals surface area contributed by atoms with E-state index in [9.17, 15) is 4.79 Å². The molecule has 0 aromatic heterocycles. The average Bonchev–Trinajstić information content (AvgIpc) is 3.34. The van der Waals surface area contributed by atoms with Gasteiger partial charge in [-0.1, -0.05) is 310 Å². The number of hydrogen-bond donors (Lipinski definition) is 0. The lowest BCUT2D eigenvalue weighted by atomic mass is 10.0. The van der Waals surface area contributed by atoms with Crippen LogP contribution in [0.15, 0.2) is 12.1 Å². The van der Waals surface area contributed by atoms with Crippen molar-refractivity contribution in [3.8, 4) is 17.2 Å². The molecule has 0 unspecified atom stereocenters. The molecular weight excluding hydrogens is 825 g/mol. The number of hydrogen-bond acceptors (Lipinski definition) is 5. The van der Waals surface area contributed by atoms with E-state index in [2.05, 4.69) is 27.9 Å². The topological polar surface area (TPSA) is 54.0 Å². The third-order valence-corrected chi connectivity index (χ3v) is 14.1. The van der Waals surface area contributed by atoms with E-state index in [0.717, 1.165) is 38.5 Å². The molecule has 0 amide bonds. The Bertz CT molecular complexity index is 1090. The van der Waals surface area contributed by atoms with E-state index in [1.54, 1.807) is 12.1 Å². The molecule has 0 aliphatic rings. The zero-order chi connectivity index (χ0) is 48.2. The highest BCUT2D eigenvalue weighted by Crippen LogP contribution is 2.40. The SMILES string of the molecule is [CH2]OC(=O)c1cc(OCCCCCCCCCCCCCCCCCC)c(OCCCCCCCCCCCCCCCCCC)c(OCCCCCCCCCCCCCCCCCC)c1. The molecule has 393 valence electrons. The van der Waals surface area contributed by atoms with Gasteiger partial charge in [-0.2, -0.15) is 0 Å². The molecule has 0 saturated carbocycles. The Balaban J connectivity index is 2.51. The minimum atomic E-state index is -0.483. The van der Waals surface area contributed by atoms with Gasteiger partial charge in [0.25, 0.3) is 0 Å². The second-order valence-electron chi connectivity index (χ2n) is 20.7. The molecular formula is C62H115O5. The number of carbonyl (C=O) groups is 1. The zero-order valence-corrected chi connectivity index (χ0v) is 45.5. The van der Waals surface area contributed by atoms with Gasteiger partial charge in [0.2, 0.25) is 5.75 Å². The monoisotopic (exact) mass is 940 g/mol. The first-order valence-corrected chi connectivity index (χ1v) is 30.2. The lowest BCUT2D eigenvalue weighted by Gasteiger charge is -2.18. The van der Waals surface area contributed by atoms with Gasteiger partial charge in [-0.25, -0.2) is 4.79 Å². The summed E-state index contributed by atoms with van der Waals surface area (Å²) in [6.07, 6.45) is 64.4. The van der Waals surface area contributed by atoms with Crippen LogP contribution in [0.4, 0.5) is 0 Å². The summed E-state index contributed by atoms with van der Waals surface area (Å²) in [4.78, 5) is 12.8. The van der Waals surface area contributed by atoms with Gasteiger partial charge in [0.05, 0.1) is 25.4 Å². The van der Waals surface area contributed by atoms with Crippen molar-refractivity contribution in [2.45, 2.75) is 329 Å². The predicted molar refractivity (Wildman–Crippen MR) is 292 cm³/mol. The Morgan fingerprint density at radius 2 is 0.507 bits per heavy atom. The van der Waals surface area contributed by atoms with Gasteiger partial charge in [-0.3, -0.25) is 0 Å². The fourth-order valence-corrected chi connectivity index (χ4v) is 9.62. The summed E-state index contributed by atoms with van der Waals surface area (Å²) in [6, 6.07) is 3.54. The summed E-state index contributed by atoms with van der Waals surface area (Å²) < 4.78 is 24.3. The second kappa shape index (κ2) is 51.9. The normalized spacial score (nSPS) is 11.4. The molecule has 0 N–H and O–H groups in total. The van der Waals surface area contributed by atoms with Crippen LogP contribution >= 0.6 is 0 Å². The lowest BCUT2D eigenvalue weighted by molar-refractivity contribution is 0.0652. The lowest BCUT2D eigenvalue weighted by Crippen LogP contribution is -2.09. The van der Waals surface area contributed by atoms with E-state index in [1.807, 2.05) is 0 Å². The fraction of sp³-hybridized carbons (Fsp3) is 0.871. The van der Waals surface area contributed by atoms with Crippen molar-refractivity contribution in [2.75, 3.05) is 19.8 Å². The first-order chi connectivity index (χ1) is 33.2. The highest BCUT2D eigenvalue weighted by Gasteiger charge is 2.20. The third-order valence-electron chi connectivity index (χ3n) is 14.1. The standard InChI is InChI=1S/C62H115O5/c1-5-8-11-14-17-20-23-26-29-32-35-38-41-44-47-50-53-65-59-56-58(62(63)64-4)57-60(66-54-51-48-45-42-39-36-33-30-27-24-21-18-15-12-9-6-2)61(59)67-55-52-49-46-43-40-37-34-31-28-25-22-19-16-13-10-7-3/h56-57H,4-55H2,1-3H3. The number of ether oxygens (including phenoxy) is 4. The van der Waals surface area contributed by atoms with Gasteiger partial charge in [0.15, 0.2) is 11.5 Å². The van der Waals surface area contributed by atoms with Crippen LogP contribution in [-0.2, 0) is 4.74 Å². The van der Waals surface area contributed by atoms with E-state index in [4.69, 9.17) is 18.9 Å². The van der Waals surface area contributed by atoms with Crippen molar-refractivity contribution in [1.82, 2.24) is 0 Å². The van der Waals surface area contributed by atoms with E-state index in [-0.39, 0.29) is 0 Å². The van der Waals surface area contributed by atoms with Gasteiger partial charge in [-0.15, -0.1) is 0 Å². The van der Waals surface area contributed by atoms with Crippen LogP contribution in [0.5, 0.6) is 17.2 Å². The minimum absolute atomic E-state index is 0.397. The number of esters is 1. The first kappa shape index (κ1) is 63.1. The quantitative estimate of drug-likeness (QED) is 0.0481. The van der Waals surface area contributed by atoms with E-state index in [0.29, 0.717) is 42.6 Å². The van der Waals surface area contributed by atoms with Crippen molar-refractivity contribution < 1.29 is 23.7 Å². The van der Waals surface area contributed by atoms with Crippen LogP contribution in [0.2, 0.25) is 0 Å². The largest absolute Gasteiger partial charge is 0.490 e. The van der Waals surface area contributed by atoms with Crippen molar-refractivity contribution in [1.29, 1.82) is 0 Å². The van der Waals surface area contributed by atoms with Crippen LogP contribution in [0.3, 0.4) is 0 Å². The molecule has 0 saturated heterocycles. The first-order valence-electron chi connectivity index (χ1n) is 30.2. The van der Waals surface area contributed by atoms with E-state index >= 15 is 0 Å². The molecule has 67 heavy (non-hydrogen) atoms. The fourth-order valence-electron chi connectivity index (χ4n) is 9.62. The summed E-state index contributed by atoms with van der Waals surface area (Å²) in [7, 11) is 3.41. The molecule has 0 heterocycles. The highest BCUT2D eigenvalue weighted by molar-refractivity contribution is 5.91. The van der Waals surface area contributed by atoms with Gasteiger partial charge < -0.3 is 18.9 Å². The molecule has 0 aliphatic carbocycles. The number of rotatable bonds is 55. The molecule has 1 rings (SSSR count). The second-order valence-corrected chi connectivity index (χ2v) is 20.7. The molecule has 1 radical (unpaired) electrons. The highest BCUT2D eigenvalue weighted by atomic mass is 16.5. The van der Waals surface area contributed by atoms with Gasteiger partial charge in [-0.05, 0) is 31.4 Å². The summed E-state index contributed by atoms with van der Waals surface area (Å²) in [5.74, 6) is 1.32. The number of unbranched alkanes of at least 4 members (excludes halogenated alkanes) is 45. The minimum Gasteiger partial charge on any atom is -0.490 e. The maximum atomic E-state index is 12.8. The van der Waals surface area contributed by atoms with Crippen LogP contribution < -0.4 is 14.2 Å². The Hall–Kier alpha value is -1.91. The van der Waals surface area contributed by atoms with E-state index in [1.165, 1.54) is 270 Å². The molecule has 0 aliphatic heterocycles. The van der Waals surface area contributed by atoms with Crippen LogP contribution in [0.1, 0.15) is 339 Å². The third kappa shape index (κ3) is 41.6. The van der Waals surface area contributed by atoms with Gasteiger partial charge >= 0.3 is 5.97 Å². The number of benzene rings is 1. The predicted octanol–water partition coefficient (Wildman–Crippen LogP) is 21.6.